The molecule has 2 aliphatic rings. The van der Waals surface area contributed by atoms with Gasteiger partial charge in [0.15, 0.2) is 11.6 Å². The number of ether oxygens (including phenoxy) is 2. The van der Waals surface area contributed by atoms with Crippen LogP contribution in [0, 0.1) is 12.7 Å². The Labute approximate surface area is 190 Å². The van der Waals surface area contributed by atoms with Crippen LogP contribution in [0.4, 0.5) is 10.1 Å². The molecule has 0 unspecified atom stereocenters. The number of methoxy groups -OCH3 is 1. The Morgan fingerprint density at radius 2 is 1.97 bits per heavy atom. The number of aliphatic imine (C=N–C) groups is 1. The molecule has 0 N–H and O–H groups in total. The largest absolute Gasteiger partial charge is 0.495 e. The van der Waals surface area contributed by atoms with E-state index in [2.05, 4.69) is 9.98 Å². The summed E-state index contributed by atoms with van der Waals surface area (Å²) in [6, 6.07) is 11.8. The zero-order valence-electron chi connectivity index (χ0n) is 18.2. The van der Waals surface area contributed by atoms with Gasteiger partial charge in [-0.2, -0.15) is 4.99 Å². The molecule has 3 heterocycles. The van der Waals surface area contributed by atoms with E-state index in [0.29, 0.717) is 36.2 Å². The molecule has 1 fully saturated rings. The number of morpholine rings is 1. The molecular weight excluding hydrogens is 425 g/mol. The quantitative estimate of drug-likeness (QED) is 0.611. The highest BCUT2D eigenvalue weighted by molar-refractivity contribution is 6.09. The average molecular weight is 447 g/mol. The molecule has 0 saturated carbocycles. The molecule has 0 aliphatic carbocycles. The number of halogens is 1. The minimum absolute atomic E-state index is 0.0786. The Balaban J connectivity index is 1.48. The fourth-order valence-electron chi connectivity index (χ4n) is 3.91. The summed E-state index contributed by atoms with van der Waals surface area (Å²) in [6.45, 7) is 2.94. The Morgan fingerprint density at radius 1 is 1.15 bits per heavy atom. The Hall–Kier alpha value is -4.14. The van der Waals surface area contributed by atoms with Crippen LogP contribution in [0.1, 0.15) is 11.3 Å². The van der Waals surface area contributed by atoms with Crippen molar-refractivity contribution < 1.29 is 18.7 Å². The van der Waals surface area contributed by atoms with Gasteiger partial charge in [0.05, 0.1) is 37.1 Å². The summed E-state index contributed by atoms with van der Waals surface area (Å²) < 4.78 is 26.8. The second kappa shape index (κ2) is 8.42. The SMILES string of the molecule is COc1cc(C=C2OCCN3C2=NC(=O)CN3c2ccc(F)cc2)ccc1-n1cnc(C)c1. The van der Waals surface area contributed by atoms with Crippen LogP contribution in [0.3, 0.4) is 0 Å². The van der Waals surface area contributed by atoms with E-state index in [0.717, 1.165) is 16.9 Å². The lowest BCUT2D eigenvalue weighted by atomic mass is 10.1. The van der Waals surface area contributed by atoms with Gasteiger partial charge in [0.2, 0.25) is 0 Å². The van der Waals surface area contributed by atoms with Crippen molar-refractivity contribution in [2.45, 2.75) is 6.92 Å². The van der Waals surface area contributed by atoms with Crippen LogP contribution >= 0.6 is 0 Å². The van der Waals surface area contributed by atoms with E-state index < -0.39 is 0 Å². The van der Waals surface area contributed by atoms with Gasteiger partial charge >= 0.3 is 0 Å². The number of anilines is 1. The highest BCUT2D eigenvalue weighted by atomic mass is 19.1. The molecular formula is C24H22FN5O3. The first kappa shape index (κ1) is 20.7. The van der Waals surface area contributed by atoms with Gasteiger partial charge in [-0.1, -0.05) is 6.07 Å². The third-order valence-corrected chi connectivity index (χ3v) is 5.45. The number of aromatic nitrogens is 2. The maximum atomic E-state index is 13.4. The Bertz CT molecular complexity index is 1270. The van der Waals surface area contributed by atoms with Crippen LogP contribution in [0.25, 0.3) is 11.8 Å². The van der Waals surface area contributed by atoms with Crippen LogP contribution in [-0.2, 0) is 9.53 Å². The van der Waals surface area contributed by atoms with Gasteiger partial charge in [0.1, 0.15) is 24.7 Å². The normalized spacial score (nSPS) is 17.0. The van der Waals surface area contributed by atoms with Crippen molar-refractivity contribution in [2.75, 3.05) is 31.8 Å². The summed E-state index contributed by atoms with van der Waals surface area (Å²) in [5.41, 5.74) is 3.31. The zero-order valence-corrected chi connectivity index (χ0v) is 18.2. The summed E-state index contributed by atoms with van der Waals surface area (Å²) in [5.74, 6) is 0.945. The lowest BCUT2D eigenvalue weighted by molar-refractivity contribution is -0.117. The predicted molar refractivity (Wildman–Crippen MR) is 122 cm³/mol. The number of aryl methyl sites for hydroxylation is 1. The van der Waals surface area contributed by atoms with E-state index in [1.54, 1.807) is 30.6 Å². The van der Waals surface area contributed by atoms with Gasteiger partial charge in [0.25, 0.3) is 5.91 Å². The summed E-state index contributed by atoms with van der Waals surface area (Å²) >= 11 is 0. The lowest BCUT2D eigenvalue weighted by Crippen LogP contribution is -2.56. The van der Waals surface area contributed by atoms with Crippen LogP contribution in [0.2, 0.25) is 0 Å². The molecule has 0 radical (unpaired) electrons. The van der Waals surface area contributed by atoms with E-state index in [1.807, 2.05) is 47.0 Å². The minimum Gasteiger partial charge on any atom is -0.495 e. The van der Waals surface area contributed by atoms with Gasteiger partial charge in [-0.3, -0.25) is 14.8 Å². The van der Waals surface area contributed by atoms with E-state index in [4.69, 9.17) is 9.47 Å². The molecule has 1 aromatic heterocycles. The maximum Gasteiger partial charge on any atom is 0.269 e. The highest BCUT2D eigenvalue weighted by Gasteiger charge is 2.33. The van der Waals surface area contributed by atoms with Crippen LogP contribution in [0.15, 0.2) is 65.7 Å². The third-order valence-electron chi connectivity index (χ3n) is 5.45. The second-order valence-corrected chi connectivity index (χ2v) is 7.70. The van der Waals surface area contributed by atoms with Crippen molar-refractivity contribution in [3.63, 3.8) is 0 Å². The number of carbonyl (C=O) groups excluding carboxylic acids is 1. The monoisotopic (exact) mass is 447 g/mol. The molecule has 9 heteroatoms. The number of rotatable bonds is 4. The van der Waals surface area contributed by atoms with Crippen LogP contribution < -0.4 is 9.75 Å². The van der Waals surface area contributed by atoms with Crippen molar-refractivity contribution in [1.29, 1.82) is 0 Å². The number of nitrogens with zero attached hydrogens (tertiary/aromatic N) is 5. The summed E-state index contributed by atoms with van der Waals surface area (Å²) in [4.78, 5) is 20.9. The second-order valence-electron chi connectivity index (χ2n) is 7.70. The van der Waals surface area contributed by atoms with E-state index in [-0.39, 0.29) is 18.3 Å². The molecule has 168 valence electrons. The fourth-order valence-corrected chi connectivity index (χ4v) is 3.91. The standard InChI is InChI=1S/C24H22FN5O3/c1-16-13-28(15-26-16)20-8-3-17(11-21(20)32-2)12-22-24-27-23(31)14-30(29(24)9-10-33-22)19-6-4-18(25)5-7-19/h3-8,11-13,15H,9-10,14H2,1-2H3. The molecule has 1 saturated heterocycles. The van der Waals surface area contributed by atoms with Crippen molar-refractivity contribution in [3.8, 4) is 11.4 Å². The Kier molecular flexibility index (Phi) is 5.29. The smallest absolute Gasteiger partial charge is 0.269 e. The van der Waals surface area contributed by atoms with Gasteiger partial charge in [-0.15, -0.1) is 0 Å². The molecule has 3 aromatic rings. The number of imidazole rings is 1. The van der Waals surface area contributed by atoms with Crippen molar-refractivity contribution in [3.05, 3.63) is 77.8 Å². The number of carbonyl (C=O) groups is 1. The Morgan fingerprint density at radius 3 is 2.70 bits per heavy atom. The zero-order chi connectivity index (χ0) is 22.9. The molecule has 33 heavy (non-hydrogen) atoms. The number of amidine groups is 1. The first-order valence-corrected chi connectivity index (χ1v) is 10.5. The van der Waals surface area contributed by atoms with E-state index in [1.165, 1.54) is 12.1 Å². The first-order chi connectivity index (χ1) is 16.0. The van der Waals surface area contributed by atoms with Crippen LogP contribution in [-0.4, -0.2) is 53.1 Å². The average Bonchev–Trinajstić information content (AvgIpc) is 3.25. The van der Waals surface area contributed by atoms with E-state index in [9.17, 15) is 9.18 Å². The topological polar surface area (TPSA) is 72.2 Å². The van der Waals surface area contributed by atoms with Gasteiger partial charge in [-0.05, 0) is 55.0 Å². The summed E-state index contributed by atoms with van der Waals surface area (Å²) in [5, 5.41) is 3.69. The molecule has 1 amide bonds. The molecule has 8 nitrogen and oxygen atoms in total. The molecule has 0 atom stereocenters. The first-order valence-electron chi connectivity index (χ1n) is 10.5. The molecule has 5 rings (SSSR count). The number of hydrogen-bond acceptors (Lipinski definition) is 6. The lowest BCUT2D eigenvalue weighted by Gasteiger charge is -2.43. The van der Waals surface area contributed by atoms with Crippen molar-refractivity contribution in [2.24, 2.45) is 4.99 Å². The van der Waals surface area contributed by atoms with E-state index >= 15 is 0 Å². The van der Waals surface area contributed by atoms with Gasteiger partial charge in [-0.25, -0.2) is 9.37 Å². The fraction of sp³-hybridized carbons (Fsp3) is 0.208. The molecule has 0 bridgehead atoms. The van der Waals surface area contributed by atoms with Crippen molar-refractivity contribution >= 4 is 23.5 Å². The number of fused-ring (bicyclic) bond motifs is 1. The molecule has 0 spiro atoms. The summed E-state index contributed by atoms with van der Waals surface area (Å²) in [7, 11) is 1.61. The highest BCUT2D eigenvalue weighted by Crippen LogP contribution is 2.29. The maximum absolute atomic E-state index is 13.4. The minimum atomic E-state index is -0.332. The van der Waals surface area contributed by atoms with Gasteiger partial charge in [0, 0.05) is 6.20 Å². The number of hydrogen-bond donors (Lipinski definition) is 0. The molecule has 2 aliphatic heterocycles. The number of amides is 1. The third kappa shape index (κ3) is 4.05. The van der Waals surface area contributed by atoms with Crippen LogP contribution in [0.5, 0.6) is 5.75 Å². The van der Waals surface area contributed by atoms with Gasteiger partial charge < -0.3 is 14.0 Å². The summed E-state index contributed by atoms with van der Waals surface area (Å²) in [6.07, 6.45) is 5.49. The van der Waals surface area contributed by atoms with Crippen molar-refractivity contribution in [1.82, 2.24) is 14.6 Å². The predicted octanol–water partition coefficient (Wildman–Crippen LogP) is 3.36. The number of hydrazine groups is 1. The number of benzene rings is 2. The molecule has 2 aromatic carbocycles.